The molecule has 8 heteroatoms. The van der Waals surface area contributed by atoms with E-state index in [-0.39, 0.29) is 6.04 Å². The van der Waals surface area contributed by atoms with Crippen molar-refractivity contribution in [2.75, 3.05) is 20.8 Å². The highest BCUT2D eigenvalue weighted by atomic mass is 16.5. The molecule has 0 atom stereocenters. The van der Waals surface area contributed by atoms with Gasteiger partial charge < -0.3 is 19.5 Å². The molecule has 1 aliphatic rings. The topological polar surface area (TPSA) is 103 Å². The Kier molecular flexibility index (Phi) is 6.39. The molecule has 1 saturated carbocycles. The first-order valence-corrected chi connectivity index (χ1v) is 7.69. The van der Waals surface area contributed by atoms with Crippen molar-refractivity contribution in [3.05, 3.63) is 29.8 Å². The van der Waals surface area contributed by atoms with Crippen LogP contribution in [-0.2, 0) is 14.3 Å². The molecule has 0 heterocycles. The Morgan fingerprint density at radius 3 is 2.60 bits per heavy atom. The van der Waals surface area contributed by atoms with Crippen LogP contribution in [0.4, 0.5) is 4.79 Å². The van der Waals surface area contributed by atoms with Crippen molar-refractivity contribution < 1.29 is 28.6 Å². The maximum absolute atomic E-state index is 11.7. The molecule has 1 aromatic rings. The second-order valence-electron chi connectivity index (χ2n) is 5.32. The third kappa shape index (κ3) is 5.83. The summed E-state index contributed by atoms with van der Waals surface area (Å²) in [6.45, 7) is -0.545. The van der Waals surface area contributed by atoms with Crippen molar-refractivity contribution in [1.29, 1.82) is 0 Å². The fraction of sp³-hybridized carbons (Fsp3) is 0.353. The van der Waals surface area contributed by atoms with Crippen LogP contribution in [0.25, 0.3) is 6.08 Å². The van der Waals surface area contributed by atoms with Crippen LogP contribution < -0.4 is 20.1 Å². The van der Waals surface area contributed by atoms with Gasteiger partial charge in [-0.25, -0.2) is 9.59 Å². The van der Waals surface area contributed by atoms with Gasteiger partial charge in [-0.2, -0.15) is 0 Å². The van der Waals surface area contributed by atoms with Gasteiger partial charge in [0.15, 0.2) is 18.1 Å². The van der Waals surface area contributed by atoms with E-state index in [1.807, 2.05) is 0 Å². The Hall–Kier alpha value is -3.03. The van der Waals surface area contributed by atoms with Gasteiger partial charge in [0.1, 0.15) is 0 Å². The largest absolute Gasteiger partial charge is 0.493 e. The van der Waals surface area contributed by atoms with Crippen LogP contribution in [0.3, 0.4) is 0 Å². The summed E-state index contributed by atoms with van der Waals surface area (Å²) in [5, 5.41) is 4.68. The molecule has 1 fully saturated rings. The number of benzene rings is 1. The highest BCUT2D eigenvalue weighted by Crippen LogP contribution is 2.31. The summed E-state index contributed by atoms with van der Waals surface area (Å²) < 4.78 is 15.2. The first-order chi connectivity index (χ1) is 12.0. The van der Waals surface area contributed by atoms with Gasteiger partial charge in [-0.15, -0.1) is 0 Å². The first-order valence-electron chi connectivity index (χ1n) is 7.69. The molecule has 1 aromatic carbocycles. The number of nitrogens with one attached hydrogen (secondary N) is 2. The summed E-state index contributed by atoms with van der Waals surface area (Å²) in [6, 6.07) is 4.76. The number of imide groups is 1. The van der Waals surface area contributed by atoms with Gasteiger partial charge in [0.2, 0.25) is 0 Å². The van der Waals surface area contributed by atoms with E-state index in [1.165, 1.54) is 20.3 Å². The SMILES string of the molecule is COc1cccc(/C=C/C(=O)OCC(=O)NC(=O)NC2CC2)c1OC. The summed E-state index contributed by atoms with van der Waals surface area (Å²) in [6.07, 6.45) is 4.47. The first kappa shape index (κ1) is 18.3. The molecular weight excluding hydrogens is 328 g/mol. The normalized spacial score (nSPS) is 13.2. The van der Waals surface area contributed by atoms with Gasteiger partial charge in [-0.05, 0) is 25.0 Å². The Balaban J connectivity index is 1.82. The minimum atomic E-state index is -0.720. The smallest absolute Gasteiger partial charge is 0.331 e. The quantitative estimate of drug-likeness (QED) is 0.568. The number of rotatable bonds is 7. The number of ether oxygens (including phenoxy) is 3. The summed E-state index contributed by atoms with van der Waals surface area (Å²) in [4.78, 5) is 34.6. The number of hydrogen-bond donors (Lipinski definition) is 2. The fourth-order valence-corrected chi connectivity index (χ4v) is 2.00. The fourth-order valence-electron chi connectivity index (χ4n) is 2.00. The van der Waals surface area contributed by atoms with Crippen LogP contribution >= 0.6 is 0 Å². The van der Waals surface area contributed by atoms with Crippen molar-refractivity contribution in [2.45, 2.75) is 18.9 Å². The Bertz CT molecular complexity index is 682. The lowest BCUT2D eigenvalue weighted by molar-refractivity contribution is -0.143. The lowest BCUT2D eigenvalue weighted by atomic mass is 10.1. The molecule has 8 nitrogen and oxygen atoms in total. The van der Waals surface area contributed by atoms with Crippen LogP contribution in [-0.4, -0.2) is 44.8 Å². The highest BCUT2D eigenvalue weighted by molar-refractivity contribution is 5.96. The number of amides is 3. The molecule has 0 unspecified atom stereocenters. The van der Waals surface area contributed by atoms with Gasteiger partial charge in [-0.1, -0.05) is 12.1 Å². The predicted molar refractivity (Wildman–Crippen MR) is 89.2 cm³/mol. The molecule has 0 radical (unpaired) electrons. The van der Waals surface area contributed by atoms with Crippen LogP contribution in [0.1, 0.15) is 18.4 Å². The Morgan fingerprint density at radius 1 is 1.20 bits per heavy atom. The zero-order chi connectivity index (χ0) is 18.2. The number of carbonyl (C=O) groups is 3. The second-order valence-corrected chi connectivity index (χ2v) is 5.32. The van der Waals surface area contributed by atoms with Gasteiger partial charge >= 0.3 is 12.0 Å². The standard InChI is InChI=1S/C17H20N2O6/c1-23-13-5-3-4-11(16(13)24-2)6-9-15(21)25-10-14(20)19-17(22)18-12-7-8-12/h3-6,9,12H,7-8,10H2,1-2H3,(H2,18,19,20,22)/b9-6+. The molecule has 0 aromatic heterocycles. The van der Waals surface area contributed by atoms with Crippen molar-refractivity contribution in [2.24, 2.45) is 0 Å². The van der Waals surface area contributed by atoms with Crippen molar-refractivity contribution >= 4 is 24.0 Å². The van der Waals surface area contributed by atoms with Crippen LogP contribution in [0.2, 0.25) is 0 Å². The average molecular weight is 348 g/mol. The number of hydrogen-bond acceptors (Lipinski definition) is 6. The van der Waals surface area contributed by atoms with Crippen LogP contribution in [0.5, 0.6) is 11.5 Å². The summed E-state index contributed by atoms with van der Waals surface area (Å²) in [5.41, 5.74) is 0.618. The highest BCUT2D eigenvalue weighted by Gasteiger charge is 2.24. The van der Waals surface area contributed by atoms with Crippen LogP contribution in [0, 0.1) is 0 Å². The molecule has 3 amide bonds. The molecule has 0 saturated heterocycles. The van der Waals surface area contributed by atoms with Crippen molar-refractivity contribution in [3.8, 4) is 11.5 Å². The van der Waals surface area contributed by atoms with Gasteiger partial charge in [0.05, 0.1) is 14.2 Å². The van der Waals surface area contributed by atoms with Gasteiger partial charge in [0, 0.05) is 17.7 Å². The van der Waals surface area contributed by atoms with Crippen molar-refractivity contribution in [3.63, 3.8) is 0 Å². The molecule has 2 rings (SSSR count). The minimum Gasteiger partial charge on any atom is -0.493 e. The van der Waals surface area contributed by atoms with Gasteiger partial charge in [0.25, 0.3) is 5.91 Å². The number of urea groups is 1. The molecule has 0 aliphatic heterocycles. The van der Waals surface area contributed by atoms with E-state index in [2.05, 4.69) is 10.6 Å². The van der Waals surface area contributed by atoms with Crippen molar-refractivity contribution in [1.82, 2.24) is 10.6 Å². The van der Waals surface area contributed by atoms with E-state index in [9.17, 15) is 14.4 Å². The lowest BCUT2D eigenvalue weighted by Crippen LogP contribution is -2.42. The number of carbonyl (C=O) groups excluding carboxylic acids is 3. The average Bonchev–Trinajstić information content (AvgIpc) is 3.41. The Labute approximate surface area is 145 Å². The third-order valence-electron chi connectivity index (χ3n) is 3.34. The monoisotopic (exact) mass is 348 g/mol. The van der Waals surface area contributed by atoms with E-state index < -0.39 is 24.5 Å². The maximum Gasteiger partial charge on any atom is 0.331 e. The van der Waals surface area contributed by atoms with E-state index in [1.54, 1.807) is 18.2 Å². The number of para-hydroxylation sites is 1. The zero-order valence-corrected chi connectivity index (χ0v) is 14.0. The molecule has 0 spiro atoms. The number of esters is 1. The number of methoxy groups -OCH3 is 2. The van der Waals surface area contributed by atoms with E-state index in [0.29, 0.717) is 17.1 Å². The lowest BCUT2D eigenvalue weighted by Gasteiger charge is -2.09. The van der Waals surface area contributed by atoms with E-state index in [4.69, 9.17) is 14.2 Å². The molecule has 134 valence electrons. The maximum atomic E-state index is 11.7. The van der Waals surface area contributed by atoms with E-state index >= 15 is 0 Å². The zero-order valence-electron chi connectivity index (χ0n) is 14.0. The molecular formula is C17H20N2O6. The molecule has 2 N–H and O–H groups in total. The molecule has 0 bridgehead atoms. The van der Waals surface area contributed by atoms with Crippen LogP contribution in [0.15, 0.2) is 24.3 Å². The Morgan fingerprint density at radius 2 is 1.96 bits per heavy atom. The minimum absolute atomic E-state index is 0.135. The second kappa shape index (κ2) is 8.72. The molecule has 1 aliphatic carbocycles. The third-order valence-corrected chi connectivity index (χ3v) is 3.34. The predicted octanol–water partition coefficient (Wildman–Crippen LogP) is 1.25. The molecule has 25 heavy (non-hydrogen) atoms. The van der Waals surface area contributed by atoms with E-state index in [0.717, 1.165) is 18.9 Å². The van der Waals surface area contributed by atoms with Gasteiger partial charge in [-0.3, -0.25) is 10.1 Å². The summed E-state index contributed by atoms with van der Waals surface area (Å²) in [5.74, 6) is -0.413. The summed E-state index contributed by atoms with van der Waals surface area (Å²) in [7, 11) is 3.00. The summed E-state index contributed by atoms with van der Waals surface area (Å²) >= 11 is 0.